The van der Waals surface area contributed by atoms with Gasteiger partial charge in [-0.25, -0.2) is 0 Å². The van der Waals surface area contributed by atoms with Crippen molar-refractivity contribution in [2.45, 2.75) is 0 Å². The highest BCUT2D eigenvalue weighted by Gasteiger charge is 2.44. The van der Waals surface area contributed by atoms with Crippen molar-refractivity contribution in [3.05, 3.63) is 35.0 Å². The Morgan fingerprint density at radius 1 is 1.43 bits per heavy atom. The summed E-state index contributed by atoms with van der Waals surface area (Å²) in [4.78, 5) is 11.1. The van der Waals surface area contributed by atoms with Crippen molar-refractivity contribution >= 4 is 29.5 Å². The summed E-state index contributed by atoms with van der Waals surface area (Å²) in [6.07, 6.45) is 0.710. The first-order valence-corrected chi connectivity index (χ1v) is 4.52. The summed E-state index contributed by atoms with van der Waals surface area (Å²) in [6, 6.07) is 7.29. The van der Waals surface area contributed by atoms with E-state index in [9.17, 15) is 4.79 Å². The van der Waals surface area contributed by atoms with Gasteiger partial charge in [-0.1, -0.05) is 12.1 Å². The fraction of sp³-hybridized carbons (Fsp3) is 0.100. The third-order valence-electron chi connectivity index (χ3n) is 2.50. The Morgan fingerprint density at radius 3 is 2.71 bits per heavy atom. The van der Waals surface area contributed by atoms with Crippen molar-refractivity contribution in [1.82, 2.24) is 4.48 Å². The molecule has 1 aromatic carbocycles. The number of hydrogen-bond acceptors (Lipinski definition) is 1. The summed E-state index contributed by atoms with van der Waals surface area (Å²) >= 11 is 5.93. The van der Waals surface area contributed by atoms with Crippen LogP contribution in [0.25, 0.3) is 6.08 Å². The zero-order valence-corrected chi connectivity index (χ0v) is 8.32. The number of amides is 1. The lowest BCUT2D eigenvalue weighted by Crippen LogP contribution is -2.45. The average Bonchev–Trinajstić information content (AvgIpc) is 2.41. The molecule has 1 aliphatic heterocycles. The van der Waals surface area contributed by atoms with Gasteiger partial charge in [-0.05, 0) is 17.7 Å². The van der Waals surface area contributed by atoms with Crippen LogP contribution in [0.15, 0.2) is 29.4 Å². The minimum absolute atomic E-state index is 0.304. The standard InChI is InChI=1S/C10H8ClNO2/c1-12(10(13)14)8-5-3-2-4-7(8)6-9(12)11/h2-6H,1H3/p+1/t12-/m1/s1. The second kappa shape index (κ2) is 2.83. The normalized spacial score (nSPS) is 24.3. The molecular formula is C10H9ClNO2+. The average molecular weight is 211 g/mol. The molecule has 0 bridgehead atoms. The molecule has 2 rings (SSSR count). The van der Waals surface area contributed by atoms with Crippen molar-refractivity contribution < 1.29 is 9.90 Å². The van der Waals surface area contributed by atoms with Gasteiger partial charge in [0.25, 0.3) is 0 Å². The highest BCUT2D eigenvalue weighted by molar-refractivity contribution is 6.35. The molecule has 1 aliphatic rings. The first kappa shape index (κ1) is 9.24. The molecule has 0 spiro atoms. The van der Waals surface area contributed by atoms with Gasteiger partial charge >= 0.3 is 6.09 Å². The molecule has 0 radical (unpaired) electrons. The van der Waals surface area contributed by atoms with Crippen molar-refractivity contribution in [2.75, 3.05) is 7.05 Å². The maximum Gasteiger partial charge on any atom is 0.524 e. The monoisotopic (exact) mass is 210 g/mol. The fourth-order valence-corrected chi connectivity index (χ4v) is 1.86. The highest BCUT2D eigenvalue weighted by Crippen LogP contribution is 2.40. The Balaban J connectivity index is 2.68. The predicted molar refractivity (Wildman–Crippen MR) is 56.0 cm³/mol. The second-order valence-corrected chi connectivity index (χ2v) is 3.70. The third kappa shape index (κ3) is 0.997. The van der Waals surface area contributed by atoms with Crippen LogP contribution in [-0.4, -0.2) is 18.2 Å². The molecule has 1 amide bonds. The van der Waals surface area contributed by atoms with E-state index in [1.54, 1.807) is 19.2 Å². The van der Waals surface area contributed by atoms with Crippen molar-refractivity contribution in [3.63, 3.8) is 0 Å². The topological polar surface area (TPSA) is 37.3 Å². The number of carboxylic acid groups (broad SMARTS) is 1. The lowest BCUT2D eigenvalue weighted by atomic mass is 10.2. The molecule has 72 valence electrons. The van der Waals surface area contributed by atoms with Crippen LogP contribution in [0.1, 0.15) is 5.56 Å². The van der Waals surface area contributed by atoms with Gasteiger partial charge in [0.05, 0.1) is 7.05 Å². The summed E-state index contributed by atoms with van der Waals surface area (Å²) in [7, 11) is 1.56. The molecule has 0 aromatic heterocycles. The number of fused-ring (bicyclic) bond motifs is 1. The van der Waals surface area contributed by atoms with Gasteiger partial charge in [0.15, 0.2) is 5.69 Å². The number of nitrogens with zero attached hydrogens (tertiary/aromatic N) is 1. The van der Waals surface area contributed by atoms with E-state index < -0.39 is 6.09 Å². The van der Waals surface area contributed by atoms with Crippen LogP contribution < -0.4 is 4.48 Å². The molecule has 1 aromatic rings. The lowest BCUT2D eigenvalue weighted by molar-refractivity contribution is 0.170. The van der Waals surface area contributed by atoms with Crippen molar-refractivity contribution in [2.24, 2.45) is 0 Å². The zero-order chi connectivity index (χ0) is 10.3. The lowest BCUT2D eigenvalue weighted by Gasteiger charge is -2.22. The Bertz CT molecular complexity index is 442. The van der Waals surface area contributed by atoms with Gasteiger partial charge < -0.3 is 5.11 Å². The van der Waals surface area contributed by atoms with E-state index in [2.05, 4.69) is 0 Å². The maximum absolute atomic E-state index is 11.1. The summed E-state index contributed by atoms with van der Waals surface area (Å²) < 4.78 is -0.363. The number of halogens is 1. The van der Waals surface area contributed by atoms with Gasteiger partial charge in [0, 0.05) is 17.7 Å². The van der Waals surface area contributed by atoms with E-state index in [1.165, 1.54) is 0 Å². The maximum atomic E-state index is 11.1. The molecule has 3 nitrogen and oxygen atoms in total. The molecule has 14 heavy (non-hydrogen) atoms. The SMILES string of the molecule is C[N@+]1(C(=O)O)C(Cl)=Cc2ccccc21. The third-order valence-corrected chi connectivity index (χ3v) is 2.95. The highest BCUT2D eigenvalue weighted by atomic mass is 35.5. The van der Waals surface area contributed by atoms with Crippen LogP contribution in [0.5, 0.6) is 0 Å². The molecule has 0 saturated heterocycles. The molecule has 4 heteroatoms. The molecule has 0 aliphatic carbocycles. The van der Waals surface area contributed by atoms with E-state index in [-0.39, 0.29) is 4.48 Å². The van der Waals surface area contributed by atoms with Crippen LogP contribution in [0.4, 0.5) is 10.5 Å². The van der Waals surface area contributed by atoms with Gasteiger partial charge in [-0.2, -0.15) is 9.28 Å². The Kier molecular flexibility index (Phi) is 1.87. The summed E-state index contributed by atoms with van der Waals surface area (Å²) in [5, 5.41) is 9.44. The number of hydrogen-bond donors (Lipinski definition) is 1. The van der Waals surface area contributed by atoms with Gasteiger partial charge in [-0.3, -0.25) is 0 Å². The number of rotatable bonds is 0. The minimum atomic E-state index is -0.976. The molecule has 0 fully saturated rings. The molecule has 1 atom stereocenters. The van der Waals surface area contributed by atoms with E-state index >= 15 is 0 Å². The number of benzene rings is 1. The van der Waals surface area contributed by atoms with Crippen LogP contribution in [0.2, 0.25) is 0 Å². The Morgan fingerprint density at radius 2 is 2.07 bits per heavy atom. The number of carbonyl (C=O) groups is 1. The smallest absolute Gasteiger partial charge is 0.435 e. The summed E-state index contributed by atoms with van der Waals surface area (Å²) in [5.74, 6) is 0. The number of para-hydroxylation sites is 1. The van der Waals surface area contributed by atoms with Gasteiger partial charge in [0.2, 0.25) is 5.16 Å². The molecule has 0 saturated carbocycles. The van der Waals surface area contributed by atoms with Crippen molar-refractivity contribution in [3.8, 4) is 0 Å². The van der Waals surface area contributed by atoms with E-state index in [1.807, 2.05) is 18.2 Å². The molecule has 1 heterocycles. The fourth-order valence-electron chi connectivity index (χ4n) is 1.58. The van der Waals surface area contributed by atoms with Gasteiger partial charge in [0.1, 0.15) is 0 Å². The first-order chi connectivity index (χ1) is 6.56. The largest absolute Gasteiger partial charge is 0.524 e. The van der Waals surface area contributed by atoms with E-state index in [0.29, 0.717) is 10.8 Å². The quantitative estimate of drug-likeness (QED) is 0.528. The molecule has 1 N–H and O–H groups in total. The van der Waals surface area contributed by atoms with Crippen LogP contribution in [-0.2, 0) is 0 Å². The first-order valence-electron chi connectivity index (χ1n) is 4.14. The van der Waals surface area contributed by atoms with E-state index in [4.69, 9.17) is 16.7 Å². The van der Waals surface area contributed by atoms with Crippen LogP contribution in [0.3, 0.4) is 0 Å². The predicted octanol–water partition coefficient (Wildman–Crippen LogP) is 2.85. The van der Waals surface area contributed by atoms with E-state index in [0.717, 1.165) is 5.56 Å². The van der Waals surface area contributed by atoms with Crippen LogP contribution in [0, 0.1) is 0 Å². The number of quaternary nitrogens is 1. The summed E-state index contributed by atoms with van der Waals surface area (Å²) in [5.41, 5.74) is 1.56. The Hall–Kier alpha value is -1.32. The molecular weight excluding hydrogens is 202 g/mol. The van der Waals surface area contributed by atoms with Gasteiger partial charge in [-0.15, -0.1) is 0 Å². The van der Waals surface area contributed by atoms with Crippen molar-refractivity contribution in [1.29, 1.82) is 0 Å². The second-order valence-electron chi connectivity index (χ2n) is 3.31. The Labute approximate surface area is 86.4 Å². The molecule has 0 unspecified atom stereocenters. The van der Waals surface area contributed by atoms with Crippen LogP contribution >= 0.6 is 11.6 Å². The summed E-state index contributed by atoms with van der Waals surface area (Å²) in [6.45, 7) is 0. The zero-order valence-electron chi connectivity index (χ0n) is 7.57. The minimum Gasteiger partial charge on any atom is -0.435 e.